The predicted octanol–water partition coefficient (Wildman–Crippen LogP) is 5.26. The third-order valence-corrected chi connectivity index (χ3v) is 7.64. The van der Waals surface area contributed by atoms with E-state index < -0.39 is 23.8 Å². The minimum absolute atomic E-state index is 0.0643. The molecule has 0 radical (unpaired) electrons. The fraction of sp³-hybridized carbons (Fsp3) is 0.531. The maximum atomic E-state index is 14.5. The monoisotopic (exact) mass is 549 g/mol. The Morgan fingerprint density at radius 2 is 1.62 bits per heavy atom. The van der Waals surface area contributed by atoms with Gasteiger partial charge in [-0.25, -0.2) is 4.79 Å². The van der Waals surface area contributed by atoms with Crippen LogP contribution in [0.2, 0.25) is 0 Å². The molecule has 2 saturated carbocycles. The highest BCUT2D eigenvalue weighted by Crippen LogP contribution is 2.41. The van der Waals surface area contributed by atoms with Gasteiger partial charge < -0.3 is 25.4 Å². The van der Waals surface area contributed by atoms with Crippen molar-refractivity contribution in [2.24, 2.45) is 5.92 Å². The van der Waals surface area contributed by atoms with Crippen LogP contribution in [0.25, 0.3) is 0 Å². The Morgan fingerprint density at radius 1 is 1.00 bits per heavy atom. The number of hydrogen-bond acceptors (Lipinski definition) is 5. The number of phenols is 1. The first-order valence-corrected chi connectivity index (χ1v) is 14.5. The summed E-state index contributed by atoms with van der Waals surface area (Å²) in [5.41, 5.74) is 0.770. The lowest BCUT2D eigenvalue weighted by Gasteiger charge is -2.36. The smallest absolute Gasteiger partial charge is 0.408 e. The van der Waals surface area contributed by atoms with Gasteiger partial charge in [-0.2, -0.15) is 0 Å². The van der Waals surface area contributed by atoms with E-state index in [-0.39, 0.29) is 42.0 Å². The Hall–Kier alpha value is -3.55. The van der Waals surface area contributed by atoms with Crippen molar-refractivity contribution in [3.63, 3.8) is 0 Å². The molecule has 0 spiro atoms. The number of rotatable bonds is 9. The fourth-order valence-electron chi connectivity index (χ4n) is 5.47. The van der Waals surface area contributed by atoms with Gasteiger partial charge >= 0.3 is 6.09 Å². The molecule has 0 aromatic heterocycles. The number of phenolic OH excluding ortho intramolecular Hbond substituents is 1. The van der Waals surface area contributed by atoms with E-state index in [0.717, 1.165) is 44.1 Å². The summed E-state index contributed by atoms with van der Waals surface area (Å²) in [6.45, 7) is 7.38. The Balaban J connectivity index is 1.69. The molecule has 216 valence electrons. The van der Waals surface area contributed by atoms with E-state index in [4.69, 9.17) is 4.74 Å². The van der Waals surface area contributed by atoms with Crippen LogP contribution in [-0.2, 0) is 20.7 Å². The molecule has 4 rings (SSSR count). The molecule has 2 aromatic carbocycles. The van der Waals surface area contributed by atoms with Gasteiger partial charge in [-0.3, -0.25) is 9.59 Å². The largest absolute Gasteiger partial charge is 0.508 e. The predicted molar refractivity (Wildman–Crippen MR) is 154 cm³/mol. The average molecular weight is 550 g/mol. The van der Waals surface area contributed by atoms with Crippen LogP contribution in [0.1, 0.15) is 83.4 Å². The minimum Gasteiger partial charge on any atom is -0.508 e. The van der Waals surface area contributed by atoms with Crippen LogP contribution >= 0.6 is 0 Å². The number of hydrogen-bond donors (Lipinski definition) is 3. The van der Waals surface area contributed by atoms with Crippen molar-refractivity contribution in [2.45, 2.75) is 102 Å². The van der Waals surface area contributed by atoms with Crippen molar-refractivity contribution in [3.8, 4) is 5.75 Å². The molecule has 2 aliphatic carbocycles. The van der Waals surface area contributed by atoms with Crippen LogP contribution in [0.5, 0.6) is 5.75 Å². The summed E-state index contributed by atoms with van der Waals surface area (Å²) in [7, 11) is 0. The first kappa shape index (κ1) is 29.4. The van der Waals surface area contributed by atoms with Crippen molar-refractivity contribution in [3.05, 3.63) is 65.7 Å². The van der Waals surface area contributed by atoms with E-state index in [1.54, 1.807) is 37.8 Å². The lowest BCUT2D eigenvalue weighted by molar-refractivity contribution is -0.143. The molecule has 2 aromatic rings. The number of aromatic hydroxyl groups is 1. The van der Waals surface area contributed by atoms with Crippen molar-refractivity contribution in [1.29, 1.82) is 0 Å². The first-order valence-electron chi connectivity index (χ1n) is 14.5. The standard InChI is InChI=1S/C32H43N3O5/c1-21-19-27(21)35(28(23-15-17-25(36)18-16-23)29(37)33-24-13-9-6-10-14-24)30(38)26(20-22-11-7-5-8-12-22)34-31(39)40-32(2,3)4/h5,7-8,11-12,15-18,21,24,26-28,36H,6,9-10,13-14,19-20H2,1-4H3,(H,33,37)(H,34,39). The van der Waals surface area contributed by atoms with Crippen molar-refractivity contribution in [1.82, 2.24) is 15.5 Å². The SMILES string of the molecule is CC1CC1N(C(=O)C(Cc1ccccc1)NC(=O)OC(C)(C)C)C(C(=O)NC1CCCCC1)c1ccc(O)cc1. The van der Waals surface area contributed by atoms with Crippen LogP contribution in [0.15, 0.2) is 54.6 Å². The van der Waals surface area contributed by atoms with Crippen LogP contribution < -0.4 is 10.6 Å². The zero-order valence-corrected chi connectivity index (χ0v) is 24.1. The van der Waals surface area contributed by atoms with Gasteiger partial charge in [0.05, 0.1) is 0 Å². The van der Waals surface area contributed by atoms with E-state index in [1.165, 1.54) is 12.1 Å². The highest BCUT2D eigenvalue weighted by Gasteiger charge is 2.48. The molecule has 8 heteroatoms. The van der Waals surface area contributed by atoms with Crippen LogP contribution in [0.3, 0.4) is 0 Å². The van der Waals surface area contributed by atoms with Gasteiger partial charge in [0, 0.05) is 18.5 Å². The van der Waals surface area contributed by atoms with Gasteiger partial charge in [0.2, 0.25) is 11.8 Å². The lowest BCUT2D eigenvalue weighted by atomic mass is 9.94. The van der Waals surface area contributed by atoms with Crippen molar-refractivity contribution >= 4 is 17.9 Å². The molecular formula is C32H43N3O5. The third kappa shape index (κ3) is 7.99. The van der Waals surface area contributed by atoms with Crippen molar-refractivity contribution in [2.75, 3.05) is 0 Å². The van der Waals surface area contributed by atoms with E-state index in [9.17, 15) is 19.5 Å². The number of nitrogens with one attached hydrogen (secondary N) is 2. The molecule has 4 unspecified atom stereocenters. The second-order valence-electron chi connectivity index (χ2n) is 12.3. The fourth-order valence-corrected chi connectivity index (χ4v) is 5.47. The summed E-state index contributed by atoms with van der Waals surface area (Å²) in [5, 5.41) is 16.0. The van der Waals surface area contributed by atoms with Gasteiger partial charge in [-0.1, -0.05) is 68.7 Å². The number of amides is 3. The number of benzene rings is 2. The molecule has 4 atom stereocenters. The Labute approximate surface area is 237 Å². The first-order chi connectivity index (χ1) is 19.0. The molecule has 0 bridgehead atoms. The van der Waals surface area contributed by atoms with Gasteiger partial charge in [-0.05, 0) is 69.2 Å². The summed E-state index contributed by atoms with van der Waals surface area (Å²) < 4.78 is 5.51. The van der Waals surface area contributed by atoms with Crippen molar-refractivity contribution < 1.29 is 24.2 Å². The second-order valence-corrected chi connectivity index (χ2v) is 12.3. The molecule has 3 amide bonds. The van der Waals surface area contributed by atoms with Gasteiger partial charge in [0.15, 0.2) is 0 Å². The van der Waals surface area contributed by atoms with E-state index in [2.05, 4.69) is 17.6 Å². The summed E-state index contributed by atoms with van der Waals surface area (Å²) >= 11 is 0. The van der Waals surface area contributed by atoms with Crippen LogP contribution in [-0.4, -0.2) is 51.6 Å². The molecule has 0 saturated heterocycles. The Morgan fingerprint density at radius 3 is 2.20 bits per heavy atom. The normalized spacial score (nSPS) is 20.6. The molecule has 2 fully saturated rings. The van der Waals surface area contributed by atoms with Crippen LogP contribution in [0, 0.1) is 5.92 Å². The zero-order valence-electron chi connectivity index (χ0n) is 24.1. The summed E-state index contributed by atoms with van der Waals surface area (Å²) in [6, 6.07) is 14.0. The van der Waals surface area contributed by atoms with Crippen LogP contribution in [0.4, 0.5) is 4.79 Å². The molecule has 2 aliphatic rings. The molecule has 8 nitrogen and oxygen atoms in total. The summed E-state index contributed by atoms with van der Waals surface area (Å²) in [5.74, 6) is -0.270. The van der Waals surface area contributed by atoms with E-state index in [1.807, 2.05) is 30.3 Å². The van der Waals surface area contributed by atoms with Gasteiger partial charge in [-0.15, -0.1) is 0 Å². The molecule has 0 heterocycles. The zero-order chi connectivity index (χ0) is 28.9. The number of nitrogens with zero attached hydrogens (tertiary/aromatic N) is 1. The topological polar surface area (TPSA) is 108 Å². The quantitative estimate of drug-likeness (QED) is 0.396. The molecule has 0 aliphatic heterocycles. The highest BCUT2D eigenvalue weighted by molar-refractivity contribution is 5.93. The summed E-state index contributed by atoms with van der Waals surface area (Å²) in [4.78, 5) is 43.0. The third-order valence-electron chi connectivity index (χ3n) is 7.64. The van der Waals surface area contributed by atoms with E-state index >= 15 is 0 Å². The van der Waals surface area contributed by atoms with E-state index in [0.29, 0.717) is 5.56 Å². The maximum Gasteiger partial charge on any atom is 0.408 e. The van der Waals surface area contributed by atoms with Gasteiger partial charge in [0.25, 0.3) is 0 Å². The maximum absolute atomic E-state index is 14.5. The minimum atomic E-state index is -0.938. The highest BCUT2D eigenvalue weighted by atomic mass is 16.6. The molecule has 40 heavy (non-hydrogen) atoms. The Bertz CT molecular complexity index is 1160. The number of carbonyl (C=O) groups is 3. The Kier molecular flexibility index (Phi) is 9.38. The number of ether oxygens (including phenoxy) is 1. The van der Waals surface area contributed by atoms with Gasteiger partial charge in [0.1, 0.15) is 23.4 Å². The summed E-state index contributed by atoms with van der Waals surface area (Å²) in [6.07, 6.45) is 5.46. The number of carbonyl (C=O) groups excluding carboxylic acids is 3. The molecule has 3 N–H and O–H groups in total. The molecular weight excluding hydrogens is 506 g/mol. The number of alkyl carbamates (subject to hydrolysis) is 1. The lowest BCUT2D eigenvalue weighted by Crippen LogP contribution is -2.55. The second kappa shape index (κ2) is 12.7. The average Bonchev–Trinajstić information content (AvgIpc) is 3.62.